The van der Waals surface area contributed by atoms with Crippen molar-refractivity contribution in [2.24, 2.45) is 0 Å². The summed E-state index contributed by atoms with van der Waals surface area (Å²) in [6.45, 7) is 2.48. The first-order valence-corrected chi connectivity index (χ1v) is 11.8. The van der Waals surface area contributed by atoms with Crippen LogP contribution in [0.1, 0.15) is 26.2 Å². The van der Waals surface area contributed by atoms with Gasteiger partial charge in [-0.15, -0.1) is 0 Å². The highest BCUT2D eigenvalue weighted by Gasteiger charge is 2.54. The Morgan fingerprint density at radius 2 is 1.59 bits per heavy atom. The minimum absolute atomic E-state index is 0.0151. The van der Waals surface area contributed by atoms with Gasteiger partial charge in [0.05, 0.1) is 27.1 Å². The summed E-state index contributed by atoms with van der Waals surface area (Å²) in [7, 11) is 3.79. The largest absolute Gasteiger partial charge is 0.387 e. The van der Waals surface area contributed by atoms with Gasteiger partial charge in [0.15, 0.2) is 12.4 Å². The predicted molar refractivity (Wildman–Crippen MR) is 109 cm³/mol. The fourth-order valence-electron chi connectivity index (χ4n) is 5.24. The molecule has 32 heavy (non-hydrogen) atoms. The van der Waals surface area contributed by atoms with E-state index in [0.29, 0.717) is 6.42 Å². The smallest absolute Gasteiger partial charge is 0.211 e. The summed E-state index contributed by atoms with van der Waals surface area (Å²) in [5.41, 5.74) is 11.3. The van der Waals surface area contributed by atoms with Crippen LogP contribution in [0.15, 0.2) is 0 Å². The molecular weight excluding hydrogens is 422 g/mol. The Hall–Kier alpha value is -0.480. The van der Waals surface area contributed by atoms with E-state index < -0.39 is 48.6 Å². The van der Waals surface area contributed by atoms with E-state index in [4.69, 9.17) is 18.9 Å². The Kier molecular flexibility index (Phi) is 8.86. The Bertz CT molecular complexity index is 603. The van der Waals surface area contributed by atoms with Crippen molar-refractivity contribution in [3.63, 3.8) is 0 Å². The van der Waals surface area contributed by atoms with E-state index in [1.54, 1.807) is 19.3 Å². The van der Waals surface area contributed by atoms with Gasteiger partial charge in [0.2, 0.25) is 6.29 Å². The van der Waals surface area contributed by atoms with Crippen molar-refractivity contribution in [2.75, 3.05) is 27.2 Å². The number of quaternary nitrogens is 5. The van der Waals surface area contributed by atoms with Gasteiger partial charge in [-0.3, -0.25) is 0 Å². The van der Waals surface area contributed by atoms with E-state index in [-0.39, 0.29) is 30.8 Å². The molecule has 3 aliphatic rings. The molecule has 0 radical (unpaired) electrons. The molecule has 0 aromatic carbocycles. The van der Waals surface area contributed by atoms with E-state index in [1.165, 1.54) is 0 Å². The summed E-state index contributed by atoms with van der Waals surface area (Å²) in [6, 6.07) is -1.02. The molecule has 16 N–H and O–H groups in total. The number of aliphatic hydroxyl groups excluding tert-OH is 2. The maximum absolute atomic E-state index is 11.2. The van der Waals surface area contributed by atoms with Crippen LogP contribution >= 0.6 is 0 Å². The molecular formula is C20H46N5O7+5. The monoisotopic (exact) mass is 468 g/mol. The summed E-state index contributed by atoms with van der Waals surface area (Å²) in [6.07, 6.45) is -2.45. The summed E-state index contributed by atoms with van der Waals surface area (Å²) in [4.78, 5) is 0. The summed E-state index contributed by atoms with van der Waals surface area (Å²) >= 11 is 0. The van der Waals surface area contributed by atoms with Crippen LogP contribution in [0.2, 0.25) is 0 Å². The average Bonchev–Trinajstić information content (AvgIpc) is 2.72. The molecule has 0 amide bonds. The summed E-state index contributed by atoms with van der Waals surface area (Å²) in [5.74, 6) is 0. The first kappa shape index (κ1) is 26.1. The molecule has 188 valence electrons. The third-order valence-corrected chi connectivity index (χ3v) is 7.12. The SMILES string of the molecule is C[NH2+]C[C@@H]1CC[C@@H]([NH3+])[C@@H](O[C@H]2[C@H](O)[C@@H](O[C@H]3OC[C@](C)(O)[C@H]([NH2+]C)[C@H]3O)[C@H]([NH3+])C[C@@H]2[NH3+])O1. The zero-order valence-electron chi connectivity index (χ0n) is 19.6. The molecule has 12 nitrogen and oxygen atoms in total. The fourth-order valence-corrected chi connectivity index (χ4v) is 5.24. The Labute approximate surface area is 189 Å². The van der Waals surface area contributed by atoms with Crippen LogP contribution < -0.4 is 27.8 Å². The number of ether oxygens (including phenoxy) is 4. The Morgan fingerprint density at radius 3 is 2.19 bits per heavy atom. The molecule has 0 spiro atoms. The minimum atomic E-state index is -1.19. The second-order valence-corrected chi connectivity index (χ2v) is 9.94. The van der Waals surface area contributed by atoms with Gasteiger partial charge in [0, 0.05) is 6.42 Å². The van der Waals surface area contributed by atoms with Crippen molar-refractivity contribution in [3.8, 4) is 0 Å². The van der Waals surface area contributed by atoms with Crippen LogP contribution in [0.25, 0.3) is 0 Å². The fraction of sp³-hybridized carbons (Fsp3) is 1.00. The van der Waals surface area contributed by atoms with Crippen LogP contribution in [0.5, 0.6) is 0 Å². The summed E-state index contributed by atoms with van der Waals surface area (Å²) in [5, 5.41) is 36.3. The van der Waals surface area contributed by atoms with Crippen molar-refractivity contribution < 1.29 is 62.1 Å². The zero-order valence-corrected chi connectivity index (χ0v) is 19.6. The van der Waals surface area contributed by atoms with Gasteiger partial charge in [0.25, 0.3) is 0 Å². The Morgan fingerprint density at radius 1 is 0.969 bits per heavy atom. The normalized spacial score (nSPS) is 50.3. The lowest BCUT2D eigenvalue weighted by Gasteiger charge is -2.45. The maximum atomic E-state index is 11.2. The van der Waals surface area contributed by atoms with Crippen LogP contribution in [0.3, 0.4) is 0 Å². The molecule has 3 fully saturated rings. The van der Waals surface area contributed by atoms with Gasteiger partial charge >= 0.3 is 0 Å². The van der Waals surface area contributed by atoms with Gasteiger partial charge < -0.3 is 62.1 Å². The molecule has 1 aliphatic carbocycles. The third-order valence-electron chi connectivity index (χ3n) is 7.12. The second-order valence-electron chi connectivity index (χ2n) is 9.94. The van der Waals surface area contributed by atoms with E-state index >= 15 is 0 Å². The number of hydrogen-bond acceptors (Lipinski definition) is 7. The standard InChI is InChI=1S/C20H41N5O7/c1-20(28)8-29-19(14(27)17(20)25-3)32-16-12(23)6-11(22)15(13(16)26)31-18-10(21)5-4-9(30-18)7-24-2/h9-19,24-28H,4-8,21-23H2,1-3H3/p+5/t9-,10+,11-,12+,13-,14+,15+,16-,17+,18+,19+,20-/m0/s1. The molecule has 3 rings (SSSR count). The van der Waals surface area contributed by atoms with Gasteiger partial charge in [0.1, 0.15) is 60.7 Å². The first-order valence-electron chi connectivity index (χ1n) is 11.8. The van der Waals surface area contributed by atoms with E-state index in [9.17, 15) is 15.3 Å². The highest BCUT2D eigenvalue weighted by molar-refractivity contribution is 4.97. The number of likely N-dealkylation sites (N-methyl/N-ethyl adjacent to an activating group) is 2. The van der Waals surface area contributed by atoms with Crippen molar-refractivity contribution in [2.45, 2.75) is 99.1 Å². The van der Waals surface area contributed by atoms with Crippen LogP contribution in [-0.4, -0.2) is 115 Å². The van der Waals surface area contributed by atoms with Crippen LogP contribution in [0.4, 0.5) is 0 Å². The van der Waals surface area contributed by atoms with Crippen LogP contribution in [0, 0.1) is 0 Å². The van der Waals surface area contributed by atoms with Gasteiger partial charge in [-0.1, -0.05) is 0 Å². The predicted octanol–water partition coefficient (Wildman–Crippen LogP) is -7.92. The molecule has 1 saturated carbocycles. The van der Waals surface area contributed by atoms with Crippen molar-refractivity contribution in [1.82, 2.24) is 0 Å². The van der Waals surface area contributed by atoms with Crippen molar-refractivity contribution in [3.05, 3.63) is 0 Å². The van der Waals surface area contributed by atoms with E-state index in [1.807, 2.05) is 7.05 Å². The maximum Gasteiger partial charge on any atom is 0.211 e. The summed E-state index contributed by atoms with van der Waals surface area (Å²) < 4.78 is 24.1. The topological polar surface area (TPSA) is 214 Å². The number of rotatable bonds is 7. The highest BCUT2D eigenvalue weighted by Crippen LogP contribution is 2.29. The van der Waals surface area contributed by atoms with Crippen molar-refractivity contribution in [1.29, 1.82) is 0 Å². The van der Waals surface area contributed by atoms with E-state index in [2.05, 4.69) is 22.5 Å². The van der Waals surface area contributed by atoms with Crippen molar-refractivity contribution >= 4 is 0 Å². The van der Waals surface area contributed by atoms with E-state index in [0.717, 1.165) is 19.4 Å². The molecule has 0 bridgehead atoms. The molecule has 2 aliphatic heterocycles. The van der Waals surface area contributed by atoms with Gasteiger partial charge in [-0.05, 0) is 13.3 Å². The zero-order chi connectivity index (χ0) is 23.6. The van der Waals surface area contributed by atoms with Crippen LogP contribution in [-0.2, 0) is 18.9 Å². The number of hydrogen-bond donors (Lipinski definition) is 8. The molecule has 0 aromatic rings. The van der Waals surface area contributed by atoms with Gasteiger partial charge in [-0.25, -0.2) is 0 Å². The molecule has 12 atom stereocenters. The molecule has 0 aromatic heterocycles. The lowest BCUT2D eigenvalue weighted by molar-refractivity contribution is -0.695. The Balaban J connectivity index is 1.67. The molecule has 2 saturated heterocycles. The average molecular weight is 469 g/mol. The quantitative estimate of drug-likeness (QED) is 0.180. The lowest BCUT2D eigenvalue weighted by atomic mass is 9.84. The number of nitrogens with two attached hydrogens (primary N) is 2. The first-order chi connectivity index (χ1) is 15.1. The highest BCUT2D eigenvalue weighted by atomic mass is 16.7. The molecule has 2 heterocycles. The lowest BCUT2D eigenvalue weighted by Crippen LogP contribution is -2.96. The third kappa shape index (κ3) is 5.59. The second kappa shape index (κ2) is 10.8. The minimum Gasteiger partial charge on any atom is -0.387 e. The molecule has 12 heteroatoms. The number of aliphatic hydroxyl groups is 3. The molecule has 0 unspecified atom stereocenters. The van der Waals surface area contributed by atoms with Gasteiger partial charge in [-0.2, -0.15) is 0 Å².